The quantitative estimate of drug-likeness (QED) is 0.509. The van der Waals surface area contributed by atoms with Gasteiger partial charge in [0, 0.05) is 29.4 Å². The molecule has 2 aliphatic rings. The zero-order valence-corrected chi connectivity index (χ0v) is 18.5. The maximum absolute atomic E-state index is 15.1. The van der Waals surface area contributed by atoms with Crippen LogP contribution in [0.5, 0.6) is 0 Å². The third-order valence-corrected chi connectivity index (χ3v) is 6.15. The highest BCUT2D eigenvalue weighted by Crippen LogP contribution is 2.40. The van der Waals surface area contributed by atoms with Crippen molar-refractivity contribution in [3.63, 3.8) is 0 Å². The zero-order chi connectivity index (χ0) is 21.9. The molecule has 1 aromatic rings. The third-order valence-electron chi connectivity index (χ3n) is 6.15. The number of anilines is 1. The van der Waals surface area contributed by atoms with Gasteiger partial charge in [-0.25, -0.2) is 4.39 Å². The second-order valence-electron chi connectivity index (χ2n) is 9.00. The van der Waals surface area contributed by atoms with E-state index >= 15 is 4.39 Å². The van der Waals surface area contributed by atoms with Gasteiger partial charge in [-0.3, -0.25) is 4.79 Å². The first kappa shape index (κ1) is 22.1. The van der Waals surface area contributed by atoms with Crippen molar-refractivity contribution in [3.8, 4) is 6.07 Å². The molecule has 0 aromatic heterocycles. The van der Waals surface area contributed by atoms with Crippen LogP contribution in [0, 0.1) is 17.1 Å². The van der Waals surface area contributed by atoms with Crippen molar-refractivity contribution in [2.45, 2.75) is 77.8 Å². The summed E-state index contributed by atoms with van der Waals surface area (Å²) in [5.41, 5.74) is 2.90. The molecule has 1 saturated carbocycles. The number of hydrogen-bond donors (Lipinski definition) is 1. The van der Waals surface area contributed by atoms with Gasteiger partial charge in [-0.15, -0.1) is 0 Å². The number of allylic oxidation sites excluding steroid dienone is 1. The first-order valence-electron chi connectivity index (χ1n) is 11.0. The Morgan fingerprint density at radius 1 is 1.33 bits per heavy atom. The highest BCUT2D eigenvalue weighted by molar-refractivity contribution is 6.02. The average Bonchev–Trinajstić information content (AvgIpc) is 2.70. The van der Waals surface area contributed by atoms with E-state index in [4.69, 9.17) is 0 Å². The van der Waals surface area contributed by atoms with Gasteiger partial charge in [-0.2, -0.15) is 5.26 Å². The minimum Gasteiger partial charge on any atom is -0.362 e. The third kappa shape index (κ3) is 4.59. The molecule has 0 saturated heterocycles. The van der Waals surface area contributed by atoms with Gasteiger partial charge in [0.2, 0.25) is 0 Å². The molecule has 1 aliphatic heterocycles. The summed E-state index contributed by atoms with van der Waals surface area (Å²) in [4.78, 5) is 14.8. The summed E-state index contributed by atoms with van der Waals surface area (Å²) in [6.45, 7) is 9.22. The fourth-order valence-corrected chi connectivity index (χ4v) is 4.67. The number of amides is 1. The van der Waals surface area contributed by atoms with E-state index in [1.807, 2.05) is 13.0 Å². The molecular formula is C25H32FN3O. The number of rotatable bonds is 5. The van der Waals surface area contributed by atoms with E-state index < -0.39 is 11.7 Å². The van der Waals surface area contributed by atoms with Crippen molar-refractivity contribution in [3.05, 3.63) is 40.7 Å². The molecule has 1 fully saturated rings. The lowest BCUT2D eigenvalue weighted by Gasteiger charge is -2.43. The monoisotopic (exact) mass is 409 g/mol. The Balaban J connectivity index is 1.94. The Labute approximate surface area is 179 Å². The topological polar surface area (TPSA) is 56.1 Å². The molecule has 0 unspecified atom stereocenters. The number of halogens is 1. The van der Waals surface area contributed by atoms with Gasteiger partial charge in [0.1, 0.15) is 17.5 Å². The summed E-state index contributed by atoms with van der Waals surface area (Å²) in [5, 5.41) is 12.5. The number of nitriles is 1. The number of benzene rings is 1. The van der Waals surface area contributed by atoms with Gasteiger partial charge in [0.15, 0.2) is 0 Å². The highest BCUT2D eigenvalue weighted by Gasteiger charge is 2.31. The number of hydrogen-bond acceptors (Lipinski definition) is 3. The lowest BCUT2D eigenvalue weighted by molar-refractivity contribution is -0.117. The normalized spacial score (nSPS) is 19.0. The molecule has 1 aromatic carbocycles. The summed E-state index contributed by atoms with van der Waals surface area (Å²) in [6.07, 6.45) is 9.77. The Morgan fingerprint density at radius 3 is 2.67 bits per heavy atom. The predicted molar refractivity (Wildman–Crippen MR) is 120 cm³/mol. The Morgan fingerprint density at radius 2 is 2.03 bits per heavy atom. The van der Waals surface area contributed by atoms with Gasteiger partial charge >= 0.3 is 0 Å². The molecule has 1 heterocycles. The lowest BCUT2D eigenvalue weighted by atomic mass is 9.87. The van der Waals surface area contributed by atoms with E-state index in [9.17, 15) is 10.1 Å². The molecule has 1 amide bonds. The summed E-state index contributed by atoms with van der Waals surface area (Å²) in [6, 6.07) is 5.37. The van der Waals surface area contributed by atoms with Crippen molar-refractivity contribution in [1.29, 1.82) is 5.26 Å². The first-order valence-corrected chi connectivity index (χ1v) is 11.0. The van der Waals surface area contributed by atoms with Crippen LogP contribution in [0.15, 0.2) is 23.8 Å². The highest BCUT2D eigenvalue weighted by atomic mass is 19.1. The Kier molecular flexibility index (Phi) is 6.65. The largest absolute Gasteiger partial charge is 0.362 e. The second-order valence-corrected chi connectivity index (χ2v) is 9.00. The average molecular weight is 410 g/mol. The summed E-state index contributed by atoms with van der Waals surface area (Å²) >= 11 is 0. The SMILES string of the molecule is CCCN1c2cc(F)c(/C=C(\C#N)C(=O)NC3CCCCC3)cc2C(C)=CC1(C)C. The molecule has 5 heteroatoms. The molecule has 1 aliphatic carbocycles. The number of nitrogens with one attached hydrogen (secondary N) is 1. The molecule has 0 bridgehead atoms. The lowest BCUT2D eigenvalue weighted by Crippen LogP contribution is -2.45. The second kappa shape index (κ2) is 9.04. The van der Waals surface area contributed by atoms with Crippen LogP contribution in [0.3, 0.4) is 0 Å². The number of nitrogens with zero attached hydrogens (tertiary/aromatic N) is 2. The number of carbonyl (C=O) groups is 1. The van der Waals surface area contributed by atoms with Gasteiger partial charge in [-0.05, 0) is 63.8 Å². The fraction of sp³-hybridized carbons (Fsp3) is 0.520. The zero-order valence-electron chi connectivity index (χ0n) is 18.5. The van der Waals surface area contributed by atoms with Crippen LogP contribution in [0.2, 0.25) is 0 Å². The van der Waals surface area contributed by atoms with E-state index in [-0.39, 0.29) is 22.7 Å². The molecule has 1 N–H and O–H groups in total. The van der Waals surface area contributed by atoms with Crippen molar-refractivity contribution in [2.24, 2.45) is 0 Å². The summed E-state index contributed by atoms with van der Waals surface area (Å²) in [5.74, 6) is -0.832. The van der Waals surface area contributed by atoms with Gasteiger partial charge in [-0.1, -0.05) is 32.3 Å². The van der Waals surface area contributed by atoms with Crippen molar-refractivity contribution in [1.82, 2.24) is 5.32 Å². The van der Waals surface area contributed by atoms with Gasteiger partial charge in [0.25, 0.3) is 5.91 Å². The molecule has 0 spiro atoms. The maximum atomic E-state index is 15.1. The van der Waals surface area contributed by atoms with E-state index in [1.54, 1.807) is 12.1 Å². The van der Waals surface area contributed by atoms with Crippen LogP contribution < -0.4 is 10.2 Å². The van der Waals surface area contributed by atoms with Crippen molar-refractivity contribution < 1.29 is 9.18 Å². The molecule has 3 rings (SSSR count). The minimum atomic E-state index is -0.418. The molecule has 160 valence electrons. The van der Waals surface area contributed by atoms with Crippen LogP contribution in [0.4, 0.5) is 10.1 Å². The van der Waals surface area contributed by atoms with Gasteiger partial charge < -0.3 is 10.2 Å². The minimum absolute atomic E-state index is 0.0531. The summed E-state index contributed by atoms with van der Waals surface area (Å²) < 4.78 is 15.1. The van der Waals surface area contributed by atoms with Crippen molar-refractivity contribution in [2.75, 3.05) is 11.4 Å². The maximum Gasteiger partial charge on any atom is 0.262 e. The van der Waals surface area contributed by atoms with E-state index in [1.165, 1.54) is 12.5 Å². The van der Waals surface area contributed by atoms with Crippen molar-refractivity contribution >= 4 is 23.2 Å². The van der Waals surface area contributed by atoms with Crippen LogP contribution in [-0.4, -0.2) is 24.0 Å². The first-order chi connectivity index (χ1) is 14.3. The molecule has 30 heavy (non-hydrogen) atoms. The standard InChI is InChI=1S/C25H32FN3O/c1-5-11-29-23-14-22(26)18(13-21(23)17(2)15-25(29,3)4)12-19(16-27)24(30)28-20-9-7-6-8-10-20/h12-15,20H,5-11H2,1-4H3,(H,28,30)/b19-12+. The Bertz CT molecular complexity index is 917. The predicted octanol–water partition coefficient (Wildman–Crippen LogP) is 5.59. The van der Waals surface area contributed by atoms with E-state index in [2.05, 4.69) is 37.1 Å². The van der Waals surface area contributed by atoms with E-state index in [0.29, 0.717) is 0 Å². The Hall–Kier alpha value is -2.61. The number of carbonyl (C=O) groups excluding carboxylic acids is 1. The fourth-order valence-electron chi connectivity index (χ4n) is 4.67. The molecule has 4 nitrogen and oxygen atoms in total. The van der Waals surface area contributed by atoms with Crippen LogP contribution in [0.1, 0.15) is 77.3 Å². The van der Waals surface area contributed by atoms with Crippen LogP contribution in [0.25, 0.3) is 11.6 Å². The molecule has 0 atom stereocenters. The molecule has 0 radical (unpaired) electrons. The number of fused-ring (bicyclic) bond motifs is 1. The van der Waals surface area contributed by atoms with Crippen LogP contribution in [-0.2, 0) is 4.79 Å². The molecular weight excluding hydrogens is 377 g/mol. The van der Waals surface area contributed by atoms with Crippen LogP contribution >= 0.6 is 0 Å². The summed E-state index contributed by atoms with van der Waals surface area (Å²) in [7, 11) is 0. The van der Waals surface area contributed by atoms with E-state index in [0.717, 1.165) is 55.5 Å². The smallest absolute Gasteiger partial charge is 0.262 e. The van der Waals surface area contributed by atoms with Gasteiger partial charge in [0.05, 0.1) is 5.54 Å².